The quantitative estimate of drug-likeness (QED) is 0.895. The van der Waals surface area contributed by atoms with Gasteiger partial charge in [-0.15, -0.1) is 0 Å². The van der Waals surface area contributed by atoms with Crippen LogP contribution in [0.1, 0.15) is 23.2 Å². The number of hydrogen-bond donors (Lipinski definition) is 1. The molecule has 3 rings (SSSR count). The van der Waals surface area contributed by atoms with Gasteiger partial charge in [0.2, 0.25) is 5.03 Å². The van der Waals surface area contributed by atoms with Crippen LogP contribution < -0.4 is 4.72 Å². The van der Waals surface area contributed by atoms with Crippen LogP contribution in [0.4, 0.5) is 5.69 Å². The number of hydrogen-bond acceptors (Lipinski definition) is 4. The molecule has 0 bridgehead atoms. The molecule has 1 aliphatic heterocycles. The van der Waals surface area contributed by atoms with E-state index in [0.717, 1.165) is 25.9 Å². The average molecular weight is 369 g/mol. The lowest BCUT2D eigenvalue weighted by Crippen LogP contribution is -2.27. The summed E-state index contributed by atoms with van der Waals surface area (Å²) in [6.07, 6.45) is 3.32. The summed E-state index contributed by atoms with van der Waals surface area (Å²) < 4.78 is 28.6. The number of amides is 1. The van der Waals surface area contributed by atoms with Gasteiger partial charge in [-0.05, 0) is 31.0 Å². The Hall–Kier alpha value is -2.06. The topological polar surface area (TPSA) is 84.3 Å². The number of halogens is 1. The van der Waals surface area contributed by atoms with Gasteiger partial charge in [0.1, 0.15) is 5.15 Å². The molecule has 0 atom stereocenters. The van der Waals surface area contributed by atoms with Crippen LogP contribution in [0.15, 0.2) is 35.6 Å². The third kappa shape index (κ3) is 3.25. The summed E-state index contributed by atoms with van der Waals surface area (Å²) in [5, 5.41) is -0.227. The second-order valence-corrected chi connectivity index (χ2v) is 7.59. The van der Waals surface area contributed by atoms with E-state index in [0.29, 0.717) is 11.3 Å². The van der Waals surface area contributed by atoms with Gasteiger partial charge in [0.15, 0.2) is 0 Å². The number of aryl methyl sites for hydroxylation is 1. The summed E-state index contributed by atoms with van der Waals surface area (Å²) in [5.41, 5.74) is 0.742. The van der Waals surface area contributed by atoms with Crippen LogP contribution in [-0.2, 0) is 17.1 Å². The number of benzene rings is 1. The van der Waals surface area contributed by atoms with Gasteiger partial charge in [0.05, 0.1) is 6.33 Å². The van der Waals surface area contributed by atoms with E-state index in [1.54, 1.807) is 30.1 Å². The Morgan fingerprint density at radius 1 is 1.29 bits per heavy atom. The van der Waals surface area contributed by atoms with Crippen molar-refractivity contribution in [3.63, 3.8) is 0 Å². The van der Waals surface area contributed by atoms with Crippen LogP contribution in [0.2, 0.25) is 5.15 Å². The highest BCUT2D eigenvalue weighted by Crippen LogP contribution is 2.23. The van der Waals surface area contributed by atoms with Crippen molar-refractivity contribution in [2.24, 2.45) is 7.05 Å². The van der Waals surface area contributed by atoms with Gasteiger partial charge in [-0.3, -0.25) is 9.52 Å². The Labute approximate surface area is 145 Å². The van der Waals surface area contributed by atoms with Crippen molar-refractivity contribution in [1.29, 1.82) is 0 Å². The maximum atomic E-state index is 12.4. The van der Waals surface area contributed by atoms with Crippen LogP contribution in [0.25, 0.3) is 0 Å². The summed E-state index contributed by atoms with van der Waals surface area (Å²) >= 11 is 5.95. The average Bonchev–Trinajstić information content (AvgIpc) is 3.18. The van der Waals surface area contributed by atoms with Gasteiger partial charge in [-0.2, -0.15) is 8.42 Å². The van der Waals surface area contributed by atoms with E-state index in [2.05, 4.69) is 9.71 Å². The first kappa shape index (κ1) is 16.8. The fourth-order valence-electron chi connectivity index (χ4n) is 2.60. The summed E-state index contributed by atoms with van der Waals surface area (Å²) in [7, 11) is -2.32. The Morgan fingerprint density at radius 3 is 2.62 bits per heavy atom. The minimum absolute atomic E-state index is 0.0202. The molecule has 1 fully saturated rings. The number of nitrogens with zero attached hydrogens (tertiary/aromatic N) is 3. The van der Waals surface area contributed by atoms with E-state index in [-0.39, 0.29) is 16.1 Å². The van der Waals surface area contributed by atoms with Gasteiger partial charge in [0, 0.05) is 31.4 Å². The molecule has 0 radical (unpaired) electrons. The van der Waals surface area contributed by atoms with Crippen molar-refractivity contribution in [2.75, 3.05) is 17.8 Å². The Balaban J connectivity index is 1.84. The third-order valence-electron chi connectivity index (χ3n) is 3.84. The summed E-state index contributed by atoms with van der Waals surface area (Å²) in [6.45, 7) is 1.47. The van der Waals surface area contributed by atoms with Crippen molar-refractivity contribution >= 4 is 33.2 Å². The van der Waals surface area contributed by atoms with E-state index >= 15 is 0 Å². The first-order valence-electron chi connectivity index (χ1n) is 7.47. The third-order valence-corrected chi connectivity index (χ3v) is 5.71. The molecule has 24 heavy (non-hydrogen) atoms. The van der Waals surface area contributed by atoms with E-state index in [1.165, 1.54) is 17.0 Å². The lowest BCUT2D eigenvalue weighted by Gasteiger charge is -2.16. The number of carbonyl (C=O) groups is 1. The highest BCUT2D eigenvalue weighted by molar-refractivity contribution is 7.92. The maximum absolute atomic E-state index is 12.4. The first-order valence-corrected chi connectivity index (χ1v) is 9.33. The minimum Gasteiger partial charge on any atom is -0.339 e. The molecule has 1 aromatic carbocycles. The molecule has 0 unspecified atom stereocenters. The number of carbonyl (C=O) groups excluding carboxylic acids is 1. The van der Waals surface area contributed by atoms with Crippen molar-refractivity contribution in [3.8, 4) is 0 Å². The molecule has 1 amide bonds. The standard InChI is InChI=1S/C15H17ClN4O3S/c1-19-10-17-14(13(19)16)24(22,23)18-12-6-4-5-11(9-12)15(21)20-7-2-3-8-20/h4-6,9-10,18H,2-3,7-8H2,1H3. The number of imidazole rings is 1. The highest BCUT2D eigenvalue weighted by Gasteiger charge is 2.24. The molecule has 0 spiro atoms. The fourth-order valence-corrected chi connectivity index (χ4v) is 4.08. The molecule has 1 aliphatic rings. The van der Waals surface area contributed by atoms with E-state index in [4.69, 9.17) is 11.6 Å². The number of nitrogens with one attached hydrogen (secondary N) is 1. The predicted octanol–water partition coefficient (Wildman–Crippen LogP) is 2.11. The van der Waals surface area contributed by atoms with Crippen LogP contribution in [0.5, 0.6) is 0 Å². The monoisotopic (exact) mass is 368 g/mol. The molecule has 128 valence electrons. The molecule has 9 heteroatoms. The Bertz CT molecular complexity index is 873. The lowest BCUT2D eigenvalue weighted by molar-refractivity contribution is 0.0793. The van der Waals surface area contributed by atoms with E-state index in [1.807, 2.05) is 0 Å². The number of rotatable bonds is 4. The zero-order chi connectivity index (χ0) is 17.3. The van der Waals surface area contributed by atoms with Crippen molar-refractivity contribution in [1.82, 2.24) is 14.5 Å². The van der Waals surface area contributed by atoms with Crippen LogP contribution in [0.3, 0.4) is 0 Å². The van der Waals surface area contributed by atoms with E-state index in [9.17, 15) is 13.2 Å². The minimum atomic E-state index is -3.92. The summed E-state index contributed by atoms with van der Waals surface area (Å²) in [4.78, 5) is 18.0. The Kier molecular flexibility index (Phi) is 4.51. The Morgan fingerprint density at radius 2 is 2.00 bits per heavy atom. The van der Waals surface area contributed by atoms with Crippen LogP contribution >= 0.6 is 11.6 Å². The van der Waals surface area contributed by atoms with Crippen molar-refractivity contribution in [3.05, 3.63) is 41.3 Å². The van der Waals surface area contributed by atoms with Crippen molar-refractivity contribution < 1.29 is 13.2 Å². The van der Waals surface area contributed by atoms with Gasteiger partial charge < -0.3 is 9.47 Å². The van der Waals surface area contributed by atoms with Gasteiger partial charge in [-0.1, -0.05) is 17.7 Å². The highest BCUT2D eigenvalue weighted by atomic mass is 35.5. The molecule has 1 aromatic heterocycles. The molecule has 0 saturated carbocycles. The van der Waals surface area contributed by atoms with Gasteiger partial charge >= 0.3 is 0 Å². The second kappa shape index (κ2) is 6.45. The molecule has 1 N–H and O–H groups in total. The van der Waals surface area contributed by atoms with Gasteiger partial charge in [-0.25, -0.2) is 4.98 Å². The zero-order valence-electron chi connectivity index (χ0n) is 13.1. The largest absolute Gasteiger partial charge is 0.339 e. The molecule has 2 heterocycles. The summed E-state index contributed by atoms with van der Waals surface area (Å²) in [5.74, 6) is -0.0931. The smallest absolute Gasteiger partial charge is 0.282 e. The molecule has 1 saturated heterocycles. The lowest BCUT2D eigenvalue weighted by atomic mass is 10.2. The predicted molar refractivity (Wildman–Crippen MR) is 90.6 cm³/mol. The fraction of sp³-hybridized carbons (Fsp3) is 0.333. The van der Waals surface area contributed by atoms with Crippen molar-refractivity contribution in [2.45, 2.75) is 17.9 Å². The first-order chi connectivity index (χ1) is 11.4. The molecule has 7 nitrogen and oxygen atoms in total. The maximum Gasteiger partial charge on any atom is 0.282 e. The summed E-state index contributed by atoms with van der Waals surface area (Å²) in [6, 6.07) is 6.41. The van der Waals surface area contributed by atoms with Crippen LogP contribution in [-0.4, -0.2) is 41.9 Å². The molecular weight excluding hydrogens is 352 g/mol. The van der Waals surface area contributed by atoms with Crippen LogP contribution in [0, 0.1) is 0 Å². The molecular formula is C15H17ClN4O3S. The SMILES string of the molecule is Cn1cnc(S(=O)(=O)Nc2cccc(C(=O)N3CCCC3)c2)c1Cl. The number of aromatic nitrogens is 2. The molecule has 0 aliphatic carbocycles. The zero-order valence-corrected chi connectivity index (χ0v) is 14.6. The number of sulfonamides is 1. The normalized spacial score (nSPS) is 14.8. The van der Waals surface area contributed by atoms with E-state index < -0.39 is 10.0 Å². The second-order valence-electron chi connectivity index (χ2n) is 5.64. The number of likely N-dealkylation sites (tertiary alicyclic amines) is 1. The molecule has 2 aromatic rings. The number of anilines is 1. The van der Waals surface area contributed by atoms with Gasteiger partial charge in [0.25, 0.3) is 15.9 Å².